The smallest absolute Gasteiger partial charge is 0.141 e. The van der Waals surface area contributed by atoms with Gasteiger partial charge in [0, 0.05) is 19.1 Å². The van der Waals surface area contributed by atoms with E-state index in [4.69, 9.17) is 5.73 Å². The van der Waals surface area contributed by atoms with E-state index in [0.717, 1.165) is 37.7 Å². The van der Waals surface area contributed by atoms with Crippen molar-refractivity contribution in [3.63, 3.8) is 0 Å². The highest BCUT2D eigenvalue weighted by Gasteiger charge is 2.31. The summed E-state index contributed by atoms with van der Waals surface area (Å²) in [7, 11) is 0. The summed E-state index contributed by atoms with van der Waals surface area (Å²) in [5.41, 5.74) is 7.29. The minimum Gasteiger partial charge on any atom is -0.323 e. The fourth-order valence-corrected chi connectivity index (χ4v) is 2.82. The number of nitrogens with two attached hydrogens (primary N) is 1. The normalized spacial score (nSPS) is 22.1. The van der Waals surface area contributed by atoms with Gasteiger partial charge in [-0.15, -0.1) is 0 Å². The van der Waals surface area contributed by atoms with E-state index in [1.165, 1.54) is 18.7 Å². The Bertz CT molecular complexity index is 424. The zero-order valence-corrected chi connectivity index (χ0v) is 12.8. The van der Waals surface area contributed by atoms with Crippen molar-refractivity contribution in [2.24, 2.45) is 17.1 Å². The van der Waals surface area contributed by atoms with Crippen LogP contribution in [0.1, 0.15) is 45.3 Å². The fourth-order valence-electron chi connectivity index (χ4n) is 2.82. The van der Waals surface area contributed by atoms with Crippen molar-refractivity contribution in [1.29, 1.82) is 0 Å². The van der Waals surface area contributed by atoms with Gasteiger partial charge in [-0.1, -0.05) is 20.8 Å². The van der Waals surface area contributed by atoms with E-state index in [9.17, 15) is 4.39 Å². The molecule has 1 aliphatic heterocycles. The van der Waals surface area contributed by atoms with Gasteiger partial charge in [0.05, 0.1) is 11.9 Å². The Hall–Kier alpha value is -1.00. The first-order chi connectivity index (χ1) is 9.36. The van der Waals surface area contributed by atoms with Crippen LogP contribution < -0.4 is 5.73 Å². The molecule has 0 spiro atoms. The van der Waals surface area contributed by atoms with Crippen LogP contribution in [0.2, 0.25) is 0 Å². The van der Waals surface area contributed by atoms with Crippen LogP contribution in [0.3, 0.4) is 0 Å². The standard InChI is InChI=1S/C16H26FN3/c1-16(2,3)12-6-8-20(11-12)9-7-14(18)15-5-4-13(17)10-19-15/h4-5,10,12,14H,6-9,11,18H2,1-3H3. The number of aromatic nitrogens is 1. The number of rotatable bonds is 4. The van der Waals surface area contributed by atoms with Gasteiger partial charge in [0.2, 0.25) is 0 Å². The lowest BCUT2D eigenvalue weighted by molar-refractivity contribution is 0.226. The molecule has 1 aromatic rings. The molecule has 2 heterocycles. The van der Waals surface area contributed by atoms with E-state index in [1.807, 2.05) is 0 Å². The van der Waals surface area contributed by atoms with Crippen molar-refractivity contribution in [3.8, 4) is 0 Å². The Morgan fingerprint density at radius 1 is 1.45 bits per heavy atom. The molecule has 1 aromatic heterocycles. The zero-order chi connectivity index (χ0) is 14.8. The highest BCUT2D eigenvalue weighted by molar-refractivity contribution is 5.09. The summed E-state index contributed by atoms with van der Waals surface area (Å²) < 4.78 is 12.8. The van der Waals surface area contributed by atoms with Gasteiger partial charge in [0.25, 0.3) is 0 Å². The Morgan fingerprint density at radius 3 is 2.75 bits per heavy atom. The van der Waals surface area contributed by atoms with Crippen molar-refractivity contribution >= 4 is 0 Å². The lowest BCUT2D eigenvalue weighted by Crippen LogP contribution is -2.28. The molecule has 112 valence electrons. The fraction of sp³-hybridized carbons (Fsp3) is 0.688. The maximum absolute atomic E-state index is 12.8. The summed E-state index contributed by atoms with van der Waals surface area (Å²) in [6.07, 6.45) is 3.38. The van der Waals surface area contributed by atoms with Gasteiger partial charge in [-0.25, -0.2) is 4.39 Å². The maximum Gasteiger partial charge on any atom is 0.141 e. The minimum absolute atomic E-state index is 0.107. The number of halogens is 1. The highest BCUT2D eigenvalue weighted by atomic mass is 19.1. The van der Waals surface area contributed by atoms with Crippen molar-refractivity contribution in [2.45, 2.75) is 39.7 Å². The quantitative estimate of drug-likeness (QED) is 0.921. The van der Waals surface area contributed by atoms with E-state index >= 15 is 0 Å². The van der Waals surface area contributed by atoms with Crippen molar-refractivity contribution in [1.82, 2.24) is 9.88 Å². The molecule has 3 nitrogen and oxygen atoms in total. The number of nitrogens with zero attached hydrogens (tertiary/aromatic N) is 2. The molecule has 1 saturated heterocycles. The van der Waals surface area contributed by atoms with Gasteiger partial charge in [0.15, 0.2) is 0 Å². The average molecular weight is 279 g/mol. The number of pyridine rings is 1. The summed E-state index contributed by atoms with van der Waals surface area (Å²) in [6, 6.07) is 3.00. The van der Waals surface area contributed by atoms with Crippen molar-refractivity contribution < 1.29 is 4.39 Å². The van der Waals surface area contributed by atoms with Gasteiger partial charge < -0.3 is 10.6 Å². The largest absolute Gasteiger partial charge is 0.323 e. The molecule has 0 aliphatic carbocycles. The van der Waals surface area contributed by atoms with E-state index in [2.05, 4.69) is 30.7 Å². The van der Waals surface area contributed by atoms with Crippen molar-refractivity contribution in [2.75, 3.05) is 19.6 Å². The van der Waals surface area contributed by atoms with E-state index in [0.29, 0.717) is 5.41 Å². The van der Waals surface area contributed by atoms with Gasteiger partial charge >= 0.3 is 0 Å². The molecule has 1 aliphatic rings. The van der Waals surface area contributed by atoms with Crippen LogP contribution in [0.15, 0.2) is 18.3 Å². The molecule has 1 fully saturated rings. The summed E-state index contributed by atoms with van der Waals surface area (Å²) in [6.45, 7) is 10.3. The molecular weight excluding hydrogens is 253 g/mol. The van der Waals surface area contributed by atoms with Gasteiger partial charge in [-0.05, 0) is 42.9 Å². The Labute approximate surface area is 121 Å². The predicted octanol–water partition coefficient (Wildman–Crippen LogP) is 2.98. The first-order valence-corrected chi connectivity index (χ1v) is 7.45. The second kappa shape index (κ2) is 6.19. The average Bonchev–Trinajstić information content (AvgIpc) is 2.85. The van der Waals surface area contributed by atoms with Crippen LogP contribution in [-0.2, 0) is 0 Å². The van der Waals surface area contributed by atoms with Crippen LogP contribution in [0.4, 0.5) is 4.39 Å². The Kier molecular flexibility index (Phi) is 4.76. The third-order valence-corrected chi connectivity index (χ3v) is 4.38. The Morgan fingerprint density at radius 2 is 2.20 bits per heavy atom. The zero-order valence-electron chi connectivity index (χ0n) is 12.8. The van der Waals surface area contributed by atoms with Crippen LogP contribution in [-0.4, -0.2) is 29.5 Å². The molecule has 0 radical (unpaired) electrons. The highest BCUT2D eigenvalue weighted by Crippen LogP contribution is 2.33. The van der Waals surface area contributed by atoms with Gasteiger partial charge in [-0.3, -0.25) is 4.98 Å². The summed E-state index contributed by atoms with van der Waals surface area (Å²) in [4.78, 5) is 6.54. The molecular formula is C16H26FN3. The topological polar surface area (TPSA) is 42.1 Å². The van der Waals surface area contributed by atoms with E-state index < -0.39 is 0 Å². The molecule has 4 heteroatoms. The summed E-state index contributed by atoms with van der Waals surface area (Å²) in [5, 5.41) is 0. The van der Waals surface area contributed by atoms with E-state index in [-0.39, 0.29) is 11.9 Å². The maximum atomic E-state index is 12.8. The monoisotopic (exact) mass is 279 g/mol. The SMILES string of the molecule is CC(C)(C)C1CCN(CCC(N)c2ccc(F)cn2)C1. The minimum atomic E-state index is -0.312. The summed E-state index contributed by atoms with van der Waals surface area (Å²) in [5.74, 6) is 0.455. The molecule has 2 atom stereocenters. The summed E-state index contributed by atoms with van der Waals surface area (Å²) >= 11 is 0. The van der Waals surface area contributed by atoms with Crippen molar-refractivity contribution in [3.05, 3.63) is 29.8 Å². The second-order valence-electron chi connectivity index (χ2n) is 6.95. The van der Waals surface area contributed by atoms with Crippen LogP contribution in [0.5, 0.6) is 0 Å². The van der Waals surface area contributed by atoms with Gasteiger partial charge in [-0.2, -0.15) is 0 Å². The third-order valence-electron chi connectivity index (χ3n) is 4.38. The molecule has 0 aromatic carbocycles. The molecule has 2 unspecified atom stereocenters. The first kappa shape index (κ1) is 15.4. The lowest BCUT2D eigenvalue weighted by Gasteiger charge is -2.27. The number of hydrogen-bond acceptors (Lipinski definition) is 3. The van der Waals surface area contributed by atoms with Gasteiger partial charge in [0.1, 0.15) is 5.82 Å². The molecule has 0 saturated carbocycles. The van der Waals surface area contributed by atoms with Crippen LogP contribution in [0.25, 0.3) is 0 Å². The van der Waals surface area contributed by atoms with Crippen LogP contribution in [0, 0.1) is 17.2 Å². The first-order valence-electron chi connectivity index (χ1n) is 7.45. The third kappa shape index (κ3) is 4.00. The molecule has 0 bridgehead atoms. The van der Waals surface area contributed by atoms with E-state index in [1.54, 1.807) is 6.07 Å². The molecule has 20 heavy (non-hydrogen) atoms. The van der Waals surface area contributed by atoms with Crippen LogP contribution >= 0.6 is 0 Å². The molecule has 2 rings (SSSR count). The predicted molar refractivity (Wildman–Crippen MR) is 79.7 cm³/mol. The lowest BCUT2D eigenvalue weighted by atomic mass is 9.80. The Balaban J connectivity index is 1.80. The second-order valence-corrected chi connectivity index (χ2v) is 6.95. The molecule has 0 amide bonds. The number of likely N-dealkylation sites (tertiary alicyclic amines) is 1. The number of hydrogen-bond donors (Lipinski definition) is 1. The molecule has 2 N–H and O–H groups in total.